The molecule has 0 aromatic heterocycles. The molecule has 0 saturated carbocycles. The number of piperidine rings is 1. The van der Waals surface area contributed by atoms with Gasteiger partial charge in [0.1, 0.15) is 0 Å². The van der Waals surface area contributed by atoms with E-state index in [2.05, 4.69) is 94.7 Å². The third kappa shape index (κ3) is 4.87. The van der Waals surface area contributed by atoms with Crippen molar-refractivity contribution in [2.45, 2.75) is 37.3 Å². The summed E-state index contributed by atoms with van der Waals surface area (Å²) in [5.41, 5.74) is 4.34. The highest BCUT2D eigenvalue weighted by atomic mass is 35.5. The van der Waals surface area contributed by atoms with Crippen LogP contribution in [-0.4, -0.2) is 42.0 Å². The van der Waals surface area contributed by atoms with Crippen LogP contribution in [0.2, 0.25) is 5.02 Å². The number of hydrogen-bond acceptors (Lipinski definition) is 2. The summed E-state index contributed by atoms with van der Waals surface area (Å²) in [6.45, 7) is 5.65. The van der Waals surface area contributed by atoms with Gasteiger partial charge in [-0.25, -0.2) is 0 Å². The highest BCUT2D eigenvalue weighted by Crippen LogP contribution is 2.36. The molecule has 2 fully saturated rings. The van der Waals surface area contributed by atoms with Crippen LogP contribution in [0.5, 0.6) is 0 Å². The van der Waals surface area contributed by atoms with E-state index in [0.717, 1.165) is 24.7 Å². The Morgan fingerprint density at radius 3 is 2.03 bits per heavy atom. The second-order valence-electron chi connectivity index (χ2n) is 9.13. The molecule has 2 saturated heterocycles. The SMILES string of the molecule is Clc1ccc([C@H]2CN(Cc3ccccc3)C[C@@H]2N2CCC(c3ccccc3)CC2)cc1. The average Bonchev–Trinajstić information content (AvgIpc) is 3.24. The summed E-state index contributed by atoms with van der Waals surface area (Å²) in [7, 11) is 0. The quantitative estimate of drug-likeness (QED) is 0.476. The fourth-order valence-electron chi connectivity index (χ4n) is 5.53. The van der Waals surface area contributed by atoms with Crippen molar-refractivity contribution in [3.05, 3.63) is 107 Å². The number of rotatable bonds is 5. The molecule has 2 atom stereocenters. The van der Waals surface area contributed by atoms with E-state index in [1.54, 1.807) is 0 Å². The predicted octanol–water partition coefficient (Wildman–Crippen LogP) is 6.19. The van der Waals surface area contributed by atoms with Crippen LogP contribution in [-0.2, 0) is 6.54 Å². The van der Waals surface area contributed by atoms with Crippen LogP contribution in [0, 0.1) is 0 Å². The molecule has 0 bridgehead atoms. The molecule has 2 nitrogen and oxygen atoms in total. The molecule has 2 aliphatic heterocycles. The third-order valence-electron chi connectivity index (χ3n) is 7.18. The largest absolute Gasteiger partial charge is 0.298 e. The molecular formula is C28H31ClN2. The van der Waals surface area contributed by atoms with E-state index in [4.69, 9.17) is 11.6 Å². The molecule has 0 amide bonds. The van der Waals surface area contributed by atoms with Gasteiger partial charge in [0.2, 0.25) is 0 Å². The molecule has 3 aromatic rings. The van der Waals surface area contributed by atoms with Crippen molar-refractivity contribution in [1.82, 2.24) is 9.80 Å². The van der Waals surface area contributed by atoms with Crippen molar-refractivity contribution in [1.29, 1.82) is 0 Å². The minimum absolute atomic E-state index is 0.536. The average molecular weight is 431 g/mol. The van der Waals surface area contributed by atoms with Crippen LogP contribution in [0.4, 0.5) is 0 Å². The third-order valence-corrected chi connectivity index (χ3v) is 7.43. The maximum absolute atomic E-state index is 6.19. The van der Waals surface area contributed by atoms with Crippen LogP contribution in [0.25, 0.3) is 0 Å². The van der Waals surface area contributed by atoms with Gasteiger partial charge in [0.15, 0.2) is 0 Å². The van der Waals surface area contributed by atoms with Gasteiger partial charge in [0.05, 0.1) is 0 Å². The van der Waals surface area contributed by atoms with Crippen LogP contribution in [0.3, 0.4) is 0 Å². The molecule has 0 unspecified atom stereocenters. The van der Waals surface area contributed by atoms with E-state index in [9.17, 15) is 0 Å². The fraction of sp³-hybridized carbons (Fsp3) is 0.357. The van der Waals surface area contributed by atoms with E-state index in [1.807, 2.05) is 0 Å². The molecule has 0 radical (unpaired) electrons. The van der Waals surface area contributed by atoms with Gasteiger partial charge in [0.25, 0.3) is 0 Å². The number of halogens is 1. The normalized spacial score (nSPS) is 23.3. The highest BCUT2D eigenvalue weighted by Gasteiger charge is 2.38. The first kappa shape index (κ1) is 20.8. The second-order valence-corrected chi connectivity index (χ2v) is 9.56. The van der Waals surface area contributed by atoms with Crippen molar-refractivity contribution in [3.63, 3.8) is 0 Å². The Morgan fingerprint density at radius 1 is 0.710 bits per heavy atom. The summed E-state index contributed by atoms with van der Waals surface area (Å²) in [5, 5.41) is 0.822. The Hall–Kier alpha value is -2.13. The molecule has 3 heteroatoms. The summed E-state index contributed by atoms with van der Waals surface area (Å²) in [6.07, 6.45) is 2.51. The summed E-state index contributed by atoms with van der Waals surface area (Å²) in [6, 6.07) is 31.1. The first-order chi connectivity index (χ1) is 15.3. The molecule has 0 N–H and O–H groups in total. The van der Waals surface area contributed by atoms with E-state index in [-0.39, 0.29) is 0 Å². The van der Waals surface area contributed by atoms with Crippen LogP contribution < -0.4 is 0 Å². The Kier molecular flexibility index (Phi) is 6.40. The topological polar surface area (TPSA) is 6.48 Å². The van der Waals surface area contributed by atoms with Gasteiger partial charge < -0.3 is 0 Å². The molecule has 5 rings (SSSR count). The molecule has 0 aliphatic carbocycles. The van der Waals surface area contributed by atoms with Gasteiger partial charge in [-0.15, -0.1) is 0 Å². The lowest BCUT2D eigenvalue weighted by atomic mass is 9.87. The number of hydrogen-bond donors (Lipinski definition) is 0. The van der Waals surface area contributed by atoms with Crippen molar-refractivity contribution in [3.8, 4) is 0 Å². The van der Waals surface area contributed by atoms with Crippen molar-refractivity contribution in [2.24, 2.45) is 0 Å². The summed E-state index contributed by atoms with van der Waals surface area (Å²) >= 11 is 6.19. The Labute approximate surface area is 191 Å². The summed E-state index contributed by atoms with van der Waals surface area (Å²) < 4.78 is 0. The van der Waals surface area contributed by atoms with Crippen molar-refractivity contribution < 1.29 is 0 Å². The first-order valence-electron chi connectivity index (χ1n) is 11.6. The minimum atomic E-state index is 0.536. The van der Waals surface area contributed by atoms with E-state index >= 15 is 0 Å². The minimum Gasteiger partial charge on any atom is -0.298 e. The number of nitrogens with zero attached hydrogens (tertiary/aromatic N) is 2. The predicted molar refractivity (Wildman–Crippen MR) is 130 cm³/mol. The van der Waals surface area contributed by atoms with E-state index < -0.39 is 0 Å². The van der Waals surface area contributed by atoms with Gasteiger partial charge in [0, 0.05) is 36.6 Å². The zero-order valence-electron chi connectivity index (χ0n) is 18.0. The van der Waals surface area contributed by atoms with Gasteiger partial charge in [-0.3, -0.25) is 9.80 Å². The lowest BCUT2D eigenvalue weighted by molar-refractivity contribution is 0.143. The lowest BCUT2D eigenvalue weighted by Crippen LogP contribution is -2.44. The Bertz CT molecular complexity index is 949. The van der Waals surface area contributed by atoms with E-state index in [0.29, 0.717) is 17.9 Å². The molecule has 2 heterocycles. The zero-order valence-corrected chi connectivity index (χ0v) is 18.8. The summed E-state index contributed by atoms with van der Waals surface area (Å²) in [5.74, 6) is 1.24. The Balaban J connectivity index is 1.31. The van der Waals surface area contributed by atoms with Crippen LogP contribution >= 0.6 is 11.6 Å². The van der Waals surface area contributed by atoms with Gasteiger partial charge in [-0.05, 0) is 60.7 Å². The standard InChI is InChI=1S/C28H31ClN2/c29-26-13-11-25(12-14-26)27-20-30(19-22-7-3-1-4-8-22)21-28(27)31-17-15-24(16-18-31)23-9-5-2-6-10-23/h1-14,24,27-28H,15-21H2/t27-,28+/m1/s1. The monoisotopic (exact) mass is 430 g/mol. The highest BCUT2D eigenvalue weighted by molar-refractivity contribution is 6.30. The zero-order chi connectivity index (χ0) is 21.0. The smallest absolute Gasteiger partial charge is 0.0406 e. The van der Waals surface area contributed by atoms with Gasteiger partial charge in [-0.1, -0.05) is 84.4 Å². The van der Waals surface area contributed by atoms with Crippen molar-refractivity contribution in [2.75, 3.05) is 26.2 Å². The lowest BCUT2D eigenvalue weighted by Gasteiger charge is -2.38. The second kappa shape index (κ2) is 9.56. The molecule has 3 aromatic carbocycles. The van der Waals surface area contributed by atoms with Gasteiger partial charge >= 0.3 is 0 Å². The van der Waals surface area contributed by atoms with Crippen molar-refractivity contribution >= 4 is 11.6 Å². The van der Waals surface area contributed by atoms with Gasteiger partial charge in [-0.2, -0.15) is 0 Å². The fourth-order valence-corrected chi connectivity index (χ4v) is 5.66. The molecule has 31 heavy (non-hydrogen) atoms. The maximum atomic E-state index is 6.19. The number of likely N-dealkylation sites (tertiary alicyclic amines) is 2. The van der Waals surface area contributed by atoms with Crippen LogP contribution in [0.15, 0.2) is 84.9 Å². The Morgan fingerprint density at radius 2 is 1.35 bits per heavy atom. The molecule has 160 valence electrons. The van der Waals surface area contributed by atoms with E-state index in [1.165, 1.54) is 42.6 Å². The maximum Gasteiger partial charge on any atom is 0.0406 e. The summed E-state index contributed by atoms with van der Waals surface area (Å²) in [4.78, 5) is 5.41. The number of benzene rings is 3. The first-order valence-corrected chi connectivity index (χ1v) is 11.9. The molecular weight excluding hydrogens is 400 g/mol. The molecule has 2 aliphatic rings. The molecule has 0 spiro atoms. The van der Waals surface area contributed by atoms with Crippen LogP contribution in [0.1, 0.15) is 41.4 Å².